The number of ether oxygens (including phenoxy) is 1. The average Bonchev–Trinajstić information content (AvgIpc) is 3.21. The van der Waals surface area contributed by atoms with Gasteiger partial charge in [-0.2, -0.15) is 0 Å². The third-order valence-corrected chi connectivity index (χ3v) is 3.86. The fourth-order valence-corrected chi connectivity index (χ4v) is 2.39. The standard InChI is InChI=1S/C14H26N2O2/c17-14(4-3-12-5-7-15-8-6-12)16-9-10-18-11-13-1-2-13/h12-13,15H,1-11H2,(H,16,17). The second-order valence-electron chi connectivity index (χ2n) is 5.60. The van der Waals surface area contributed by atoms with E-state index in [2.05, 4.69) is 10.6 Å². The molecule has 0 radical (unpaired) electrons. The molecule has 2 N–H and O–H groups in total. The van der Waals surface area contributed by atoms with Crippen LogP contribution in [0.5, 0.6) is 0 Å². The van der Waals surface area contributed by atoms with E-state index in [9.17, 15) is 4.79 Å². The molecule has 2 fully saturated rings. The van der Waals surface area contributed by atoms with Crippen molar-refractivity contribution in [1.29, 1.82) is 0 Å². The van der Waals surface area contributed by atoms with Gasteiger partial charge in [0.2, 0.25) is 5.91 Å². The normalized spacial score (nSPS) is 20.9. The highest BCUT2D eigenvalue weighted by atomic mass is 16.5. The lowest BCUT2D eigenvalue weighted by Gasteiger charge is -2.22. The van der Waals surface area contributed by atoms with Crippen molar-refractivity contribution in [1.82, 2.24) is 10.6 Å². The summed E-state index contributed by atoms with van der Waals surface area (Å²) in [6.07, 6.45) is 6.80. The first-order chi connectivity index (χ1) is 8.84. The van der Waals surface area contributed by atoms with Crippen LogP contribution < -0.4 is 10.6 Å². The Kier molecular flexibility index (Phi) is 5.94. The molecule has 1 heterocycles. The van der Waals surface area contributed by atoms with E-state index >= 15 is 0 Å². The van der Waals surface area contributed by atoms with Gasteiger partial charge in [0, 0.05) is 19.6 Å². The maximum absolute atomic E-state index is 11.6. The van der Waals surface area contributed by atoms with Gasteiger partial charge in [-0.15, -0.1) is 0 Å². The molecule has 2 rings (SSSR count). The quantitative estimate of drug-likeness (QED) is 0.642. The van der Waals surface area contributed by atoms with Gasteiger partial charge in [0.25, 0.3) is 0 Å². The molecule has 104 valence electrons. The third kappa shape index (κ3) is 5.83. The van der Waals surface area contributed by atoms with Crippen molar-refractivity contribution in [3.05, 3.63) is 0 Å². The molecule has 0 spiro atoms. The molecule has 1 aliphatic heterocycles. The number of amides is 1. The molecule has 1 aliphatic carbocycles. The molecule has 0 atom stereocenters. The molecule has 2 aliphatic rings. The van der Waals surface area contributed by atoms with Crippen molar-refractivity contribution in [2.45, 2.75) is 38.5 Å². The molecule has 4 heteroatoms. The monoisotopic (exact) mass is 254 g/mol. The summed E-state index contributed by atoms with van der Waals surface area (Å²) in [6.45, 7) is 4.43. The van der Waals surface area contributed by atoms with E-state index in [0.29, 0.717) is 19.6 Å². The number of nitrogens with one attached hydrogen (secondary N) is 2. The summed E-state index contributed by atoms with van der Waals surface area (Å²) >= 11 is 0. The molecule has 0 unspecified atom stereocenters. The summed E-state index contributed by atoms with van der Waals surface area (Å²) in [5.74, 6) is 1.73. The Bertz CT molecular complexity index is 248. The van der Waals surface area contributed by atoms with Crippen molar-refractivity contribution in [3.8, 4) is 0 Å². The lowest BCUT2D eigenvalue weighted by Crippen LogP contribution is -2.30. The maximum atomic E-state index is 11.6. The second-order valence-corrected chi connectivity index (χ2v) is 5.60. The van der Waals surface area contributed by atoms with E-state index in [0.717, 1.165) is 38.0 Å². The molecule has 1 saturated carbocycles. The fourth-order valence-electron chi connectivity index (χ4n) is 2.39. The first-order valence-corrected chi connectivity index (χ1v) is 7.40. The zero-order valence-corrected chi connectivity index (χ0v) is 11.2. The Balaban J connectivity index is 1.41. The molecule has 1 saturated heterocycles. The Labute approximate surface area is 110 Å². The summed E-state index contributed by atoms with van der Waals surface area (Å²) in [4.78, 5) is 11.6. The number of hydrogen-bond acceptors (Lipinski definition) is 3. The van der Waals surface area contributed by atoms with Gasteiger partial charge >= 0.3 is 0 Å². The van der Waals surface area contributed by atoms with Crippen LogP contribution in [0.1, 0.15) is 38.5 Å². The largest absolute Gasteiger partial charge is 0.379 e. The fraction of sp³-hybridized carbons (Fsp3) is 0.929. The molecule has 0 aromatic heterocycles. The summed E-state index contributed by atoms with van der Waals surface area (Å²) in [5.41, 5.74) is 0. The van der Waals surface area contributed by atoms with Gasteiger partial charge in [-0.25, -0.2) is 0 Å². The number of piperidine rings is 1. The molecule has 18 heavy (non-hydrogen) atoms. The van der Waals surface area contributed by atoms with Crippen molar-refractivity contribution < 1.29 is 9.53 Å². The smallest absolute Gasteiger partial charge is 0.220 e. The molecular weight excluding hydrogens is 228 g/mol. The lowest BCUT2D eigenvalue weighted by molar-refractivity contribution is -0.121. The molecule has 1 amide bonds. The average molecular weight is 254 g/mol. The van der Waals surface area contributed by atoms with Gasteiger partial charge in [-0.3, -0.25) is 4.79 Å². The van der Waals surface area contributed by atoms with E-state index in [1.807, 2.05) is 0 Å². The number of carbonyl (C=O) groups excluding carboxylic acids is 1. The second kappa shape index (κ2) is 7.74. The molecule has 0 aromatic carbocycles. The summed E-state index contributed by atoms with van der Waals surface area (Å²) < 4.78 is 5.48. The Morgan fingerprint density at radius 2 is 1.94 bits per heavy atom. The van der Waals surface area contributed by atoms with Gasteiger partial charge in [-0.05, 0) is 57.0 Å². The predicted octanol–water partition coefficient (Wildman–Crippen LogP) is 1.31. The highest BCUT2D eigenvalue weighted by Crippen LogP contribution is 2.28. The van der Waals surface area contributed by atoms with E-state index in [1.54, 1.807) is 0 Å². The molecule has 4 nitrogen and oxygen atoms in total. The van der Waals surface area contributed by atoms with Crippen LogP contribution >= 0.6 is 0 Å². The summed E-state index contributed by atoms with van der Waals surface area (Å²) in [6, 6.07) is 0. The molecule has 0 aromatic rings. The van der Waals surface area contributed by atoms with Crippen LogP contribution in [0.3, 0.4) is 0 Å². The first kappa shape index (κ1) is 13.8. The van der Waals surface area contributed by atoms with Crippen molar-refractivity contribution >= 4 is 5.91 Å². The Hall–Kier alpha value is -0.610. The highest BCUT2D eigenvalue weighted by molar-refractivity contribution is 5.75. The third-order valence-electron chi connectivity index (χ3n) is 3.86. The van der Waals surface area contributed by atoms with Crippen LogP contribution in [0.15, 0.2) is 0 Å². The topological polar surface area (TPSA) is 50.4 Å². The van der Waals surface area contributed by atoms with E-state index < -0.39 is 0 Å². The van der Waals surface area contributed by atoms with Gasteiger partial charge < -0.3 is 15.4 Å². The predicted molar refractivity (Wildman–Crippen MR) is 71.4 cm³/mol. The minimum absolute atomic E-state index is 0.184. The van der Waals surface area contributed by atoms with E-state index in [4.69, 9.17) is 4.74 Å². The Morgan fingerprint density at radius 3 is 2.67 bits per heavy atom. The van der Waals surface area contributed by atoms with Gasteiger partial charge in [0.1, 0.15) is 0 Å². The van der Waals surface area contributed by atoms with Gasteiger partial charge in [0.05, 0.1) is 6.61 Å². The number of rotatable bonds is 8. The van der Waals surface area contributed by atoms with Crippen LogP contribution in [0.2, 0.25) is 0 Å². The highest BCUT2D eigenvalue weighted by Gasteiger charge is 2.20. The number of hydrogen-bond donors (Lipinski definition) is 2. The van der Waals surface area contributed by atoms with Crippen LogP contribution in [0.4, 0.5) is 0 Å². The molecule has 0 bridgehead atoms. The molecular formula is C14H26N2O2. The Morgan fingerprint density at radius 1 is 1.17 bits per heavy atom. The lowest BCUT2D eigenvalue weighted by atomic mass is 9.93. The van der Waals surface area contributed by atoms with Crippen LogP contribution in [0.25, 0.3) is 0 Å². The van der Waals surface area contributed by atoms with Gasteiger partial charge in [-0.1, -0.05) is 0 Å². The van der Waals surface area contributed by atoms with E-state index in [-0.39, 0.29) is 5.91 Å². The first-order valence-electron chi connectivity index (χ1n) is 7.40. The van der Waals surface area contributed by atoms with Crippen molar-refractivity contribution in [3.63, 3.8) is 0 Å². The number of carbonyl (C=O) groups is 1. The zero-order valence-electron chi connectivity index (χ0n) is 11.2. The minimum Gasteiger partial charge on any atom is -0.379 e. The van der Waals surface area contributed by atoms with Crippen LogP contribution in [0, 0.1) is 11.8 Å². The van der Waals surface area contributed by atoms with E-state index in [1.165, 1.54) is 25.7 Å². The van der Waals surface area contributed by atoms with Crippen LogP contribution in [-0.4, -0.2) is 38.8 Å². The minimum atomic E-state index is 0.184. The summed E-state index contributed by atoms with van der Waals surface area (Å²) in [7, 11) is 0. The van der Waals surface area contributed by atoms with Crippen LogP contribution in [-0.2, 0) is 9.53 Å². The zero-order chi connectivity index (χ0) is 12.6. The summed E-state index contributed by atoms with van der Waals surface area (Å²) in [5, 5.41) is 6.28. The van der Waals surface area contributed by atoms with Crippen molar-refractivity contribution in [2.75, 3.05) is 32.8 Å². The maximum Gasteiger partial charge on any atom is 0.220 e. The SMILES string of the molecule is O=C(CCC1CCNCC1)NCCOCC1CC1. The van der Waals surface area contributed by atoms with Crippen molar-refractivity contribution in [2.24, 2.45) is 11.8 Å². The van der Waals surface area contributed by atoms with Gasteiger partial charge in [0.15, 0.2) is 0 Å².